The van der Waals surface area contributed by atoms with E-state index in [-0.39, 0.29) is 11.3 Å². The third-order valence-electron chi connectivity index (χ3n) is 6.29. The number of likely N-dealkylation sites (tertiary alicyclic amines) is 1. The Labute approximate surface area is 167 Å². The zero-order valence-corrected chi connectivity index (χ0v) is 16.9. The Bertz CT molecular complexity index is 830. The van der Waals surface area contributed by atoms with Crippen LogP contribution in [-0.2, 0) is 17.8 Å². The van der Waals surface area contributed by atoms with Crippen LogP contribution < -0.4 is 4.90 Å². The summed E-state index contributed by atoms with van der Waals surface area (Å²) < 4.78 is 0. The van der Waals surface area contributed by atoms with Gasteiger partial charge in [0.1, 0.15) is 11.6 Å². The lowest BCUT2D eigenvalue weighted by atomic mass is 9.72. The van der Waals surface area contributed by atoms with E-state index < -0.39 is 0 Å². The van der Waals surface area contributed by atoms with E-state index in [9.17, 15) is 4.79 Å². The zero-order valence-electron chi connectivity index (χ0n) is 16.9. The molecule has 2 aromatic heterocycles. The van der Waals surface area contributed by atoms with E-state index in [0.29, 0.717) is 13.0 Å². The van der Waals surface area contributed by atoms with Crippen LogP contribution in [-0.4, -0.2) is 45.4 Å². The summed E-state index contributed by atoms with van der Waals surface area (Å²) in [6.45, 7) is 7.57. The number of piperidine rings is 2. The molecule has 6 heteroatoms. The molecule has 0 aromatic carbocycles. The number of carbonyl (C=O) groups is 1. The Morgan fingerprint density at radius 2 is 1.96 bits per heavy atom. The summed E-state index contributed by atoms with van der Waals surface area (Å²) in [7, 11) is 0. The molecule has 6 nitrogen and oxygen atoms in total. The Morgan fingerprint density at radius 1 is 1.14 bits per heavy atom. The Morgan fingerprint density at radius 3 is 2.68 bits per heavy atom. The van der Waals surface area contributed by atoms with E-state index in [1.54, 1.807) is 6.20 Å². The van der Waals surface area contributed by atoms with E-state index in [0.717, 1.165) is 62.7 Å². The van der Waals surface area contributed by atoms with Crippen LogP contribution in [0.25, 0.3) is 0 Å². The van der Waals surface area contributed by atoms with Gasteiger partial charge < -0.3 is 9.80 Å². The van der Waals surface area contributed by atoms with Crippen LogP contribution in [0.4, 0.5) is 5.82 Å². The second kappa shape index (κ2) is 7.86. The Balaban J connectivity index is 1.45. The van der Waals surface area contributed by atoms with Crippen LogP contribution >= 0.6 is 0 Å². The molecule has 148 valence electrons. The monoisotopic (exact) mass is 379 g/mol. The predicted octanol–water partition coefficient (Wildman–Crippen LogP) is 3.15. The molecular formula is C22H29N5O. The molecule has 2 fully saturated rings. The van der Waals surface area contributed by atoms with Crippen molar-refractivity contribution in [2.75, 3.05) is 24.5 Å². The maximum absolute atomic E-state index is 12.5. The van der Waals surface area contributed by atoms with Crippen molar-refractivity contribution in [3.63, 3.8) is 0 Å². The van der Waals surface area contributed by atoms with Crippen LogP contribution in [0.5, 0.6) is 0 Å². The topological polar surface area (TPSA) is 62.2 Å². The molecule has 2 aromatic rings. The summed E-state index contributed by atoms with van der Waals surface area (Å²) in [6.07, 6.45) is 8.57. The average molecular weight is 380 g/mol. The molecule has 0 unspecified atom stereocenters. The standard InChI is InChI=1S/C22H29N5O/c1-3-18-14-24-17(2)25-21(18)26-12-9-22(10-13-26)8-7-20(28)27(16-22)15-19-6-4-5-11-23-19/h4-6,11,14H,3,7-10,12-13,15-16H2,1-2H3. The molecule has 0 saturated carbocycles. The highest BCUT2D eigenvalue weighted by Gasteiger charge is 2.41. The van der Waals surface area contributed by atoms with Crippen molar-refractivity contribution in [2.24, 2.45) is 5.41 Å². The van der Waals surface area contributed by atoms with Gasteiger partial charge in [-0.2, -0.15) is 0 Å². The highest BCUT2D eigenvalue weighted by molar-refractivity contribution is 5.77. The third-order valence-corrected chi connectivity index (χ3v) is 6.29. The first-order valence-corrected chi connectivity index (χ1v) is 10.3. The first-order chi connectivity index (χ1) is 13.6. The van der Waals surface area contributed by atoms with Crippen LogP contribution in [0.2, 0.25) is 0 Å². The lowest BCUT2D eigenvalue weighted by Gasteiger charge is -2.47. The second-order valence-corrected chi connectivity index (χ2v) is 8.18. The maximum atomic E-state index is 12.5. The fourth-order valence-corrected chi connectivity index (χ4v) is 4.54. The van der Waals surface area contributed by atoms with Gasteiger partial charge in [0.15, 0.2) is 0 Å². The van der Waals surface area contributed by atoms with Gasteiger partial charge >= 0.3 is 0 Å². The normalized spacial score (nSPS) is 19.3. The summed E-state index contributed by atoms with van der Waals surface area (Å²) in [5, 5.41) is 0. The molecule has 0 radical (unpaired) electrons. The first-order valence-electron chi connectivity index (χ1n) is 10.3. The summed E-state index contributed by atoms with van der Waals surface area (Å²) in [4.78, 5) is 30.4. The number of anilines is 1. The summed E-state index contributed by atoms with van der Waals surface area (Å²) >= 11 is 0. The first kappa shape index (κ1) is 18.8. The Kier molecular flexibility index (Phi) is 5.29. The largest absolute Gasteiger partial charge is 0.356 e. The molecule has 4 heterocycles. The number of rotatable bonds is 4. The quantitative estimate of drug-likeness (QED) is 0.817. The van der Waals surface area contributed by atoms with Crippen molar-refractivity contribution in [3.8, 4) is 0 Å². The lowest BCUT2D eigenvalue weighted by molar-refractivity contribution is -0.139. The van der Waals surface area contributed by atoms with Gasteiger partial charge in [-0.05, 0) is 50.2 Å². The van der Waals surface area contributed by atoms with Crippen LogP contribution in [0.1, 0.15) is 49.7 Å². The second-order valence-electron chi connectivity index (χ2n) is 8.18. The van der Waals surface area contributed by atoms with Crippen molar-refractivity contribution in [1.29, 1.82) is 0 Å². The van der Waals surface area contributed by atoms with Crippen LogP contribution in [0.3, 0.4) is 0 Å². The van der Waals surface area contributed by atoms with E-state index in [2.05, 4.69) is 21.8 Å². The number of aryl methyl sites for hydroxylation is 2. The third kappa shape index (κ3) is 3.86. The highest BCUT2D eigenvalue weighted by atomic mass is 16.2. The number of carbonyl (C=O) groups excluding carboxylic acids is 1. The minimum Gasteiger partial charge on any atom is -0.356 e. The van der Waals surface area contributed by atoms with Crippen LogP contribution in [0, 0.1) is 12.3 Å². The van der Waals surface area contributed by atoms with Gasteiger partial charge in [0.25, 0.3) is 0 Å². The molecule has 2 aliphatic rings. The minimum atomic E-state index is 0.230. The molecule has 2 aliphatic heterocycles. The summed E-state index contributed by atoms with van der Waals surface area (Å²) in [5.41, 5.74) is 2.42. The maximum Gasteiger partial charge on any atom is 0.222 e. The molecule has 2 saturated heterocycles. The van der Waals surface area contributed by atoms with Crippen molar-refractivity contribution < 1.29 is 4.79 Å². The average Bonchev–Trinajstić information content (AvgIpc) is 2.72. The molecule has 1 amide bonds. The van der Waals surface area contributed by atoms with Gasteiger partial charge in [-0.25, -0.2) is 9.97 Å². The van der Waals surface area contributed by atoms with E-state index >= 15 is 0 Å². The Hall–Kier alpha value is -2.50. The van der Waals surface area contributed by atoms with E-state index in [4.69, 9.17) is 4.98 Å². The predicted molar refractivity (Wildman–Crippen MR) is 109 cm³/mol. The van der Waals surface area contributed by atoms with Gasteiger partial charge in [0.05, 0.1) is 12.2 Å². The summed E-state index contributed by atoms with van der Waals surface area (Å²) in [5.74, 6) is 2.19. The zero-order chi connectivity index (χ0) is 19.6. The van der Waals surface area contributed by atoms with Crippen molar-refractivity contribution in [2.45, 2.75) is 52.5 Å². The molecule has 1 spiro atoms. The van der Waals surface area contributed by atoms with Crippen molar-refractivity contribution in [3.05, 3.63) is 47.7 Å². The fraction of sp³-hybridized carbons (Fsp3) is 0.545. The van der Waals surface area contributed by atoms with E-state index in [1.807, 2.05) is 36.2 Å². The number of pyridine rings is 1. The van der Waals surface area contributed by atoms with E-state index in [1.165, 1.54) is 5.56 Å². The lowest BCUT2D eigenvalue weighted by Crippen LogP contribution is -2.51. The molecule has 0 bridgehead atoms. The number of amides is 1. The molecule has 0 atom stereocenters. The van der Waals surface area contributed by atoms with Crippen molar-refractivity contribution in [1.82, 2.24) is 19.9 Å². The summed E-state index contributed by atoms with van der Waals surface area (Å²) in [6, 6.07) is 5.90. The molecule has 0 N–H and O–H groups in total. The number of hydrogen-bond acceptors (Lipinski definition) is 5. The SMILES string of the molecule is CCc1cnc(C)nc1N1CCC2(CCC(=O)N(Cc3ccccn3)C2)CC1. The molecule has 0 aliphatic carbocycles. The fourth-order valence-electron chi connectivity index (χ4n) is 4.54. The van der Waals surface area contributed by atoms with Gasteiger partial charge in [-0.15, -0.1) is 0 Å². The number of hydrogen-bond donors (Lipinski definition) is 0. The van der Waals surface area contributed by atoms with Gasteiger partial charge in [0.2, 0.25) is 5.91 Å². The number of nitrogens with zero attached hydrogens (tertiary/aromatic N) is 5. The van der Waals surface area contributed by atoms with Gasteiger partial charge in [-0.3, -0.25) is 9.78 Å². The highest BCUT2D eigenvalue weighted by Crippen LogP contribution is 2.41. The van der Waals surface area contributed by atoms with Crippen LogP contribution in [0.15, 0.2) is 30.6 Å². The molecular weight excluding hydrogens is 350 g/mol. The minimum absolute atomic E-state index is 0.230. The van der Waals surface area contributed by atoms with Crippen molar-refractivity contribution >= 4 is 11.7 Å². The number of aromatic nitrogens is 3. The molecule has 28 heavy (non-hydrogen) atoms. The molecule has 4 rings (SSSR count). The van der Waals surface area contributed by atoms with Gasteiger partial charge in [0, 0.05) is 44.0 Å². The smallest absolute Gasteiger partial charge is 0.222 e. The van der Waals surface area contributed by atoms with Gasteiger partial charge in [-0.1, -0.05) is 13.0 Å².